The van der Waals surface area contributed by atoms with E-state index in [-0.39, 0.29) is 0 Å². The van der Waals surface area contributed by atoms with Gasteiger partial charge in [0.05, 0.1) is 6.17 Å². The first-order valence-corrected chi connectivity index (χ1v) is 11.5. The summed E-state index contributed by atoms with van der Waals surface area (Å²) in [5.41, 5.74) is 2.20. The summed E-state index contributed by atoms with van der Waals surface area (Å²) in [6, 6.07) is 29.6. The second-order valence-electron chi connectivity index (χ2n) is 6.88. The van der Waals surface area contributed by atoms with Crippen LogP contribution in [0, 0.1) is 0 Å². The van der Waals surface area contributed by atoms with Crippen LogP contribution in [0.3, 0.4) is 0 Å². The molecule has 0 heterocycles. The fourth-order valence-electron chi connectivity index (χ4n) is 3.82. The average molecular weight is 404 g/mol. The summed E-state index contributed by atoms with van der Waals surface area (Å²) in [4.78, 5) is 2.27. The van der Waals surface area contributed by atoms with Crippen molar-refractivity contribution in [1.29, 1.82) is 0 Å². The maximum Gasteiger partial charge on any atom is 0.521 e. The molecule has 29 heavy (non-hydrogen) atoms. The fraction of sp³-hybridized carbons (Fsp3) is 0.167. The fourth-order valence-corrected chi connectivity index (χ4v) is 5.44. The molecule has 4 aromatic carbocycles. The Morgan fingerprint density at radius 1 is 0.586 bits per heavy atom. The van der Waals surface area contributed by atoms with Crippen molar-refractivity contribution in [2.24, 2.45) is 0 Å². The lowest BCUT2D eigenvalue weighted by molar-refractivity contribution is 0.125. The summed E-state index contributed by atoms with van der Waals surface area (Å²) in [6.07, 6.45) is 0.499. The van der Waals surface area contributed by atoms with E-state index >= 15 is 0 Å². The Labute approximate surface area is 172 Å². The smallest absolute Gasteiger partial charge is 0.376 e. The van der Waals surface area contributed by atoms with Crippen LogP contribution in [0.2, 0.25) is 0 Å². The van der Waals surface area contributed by atoms with Crippen molar-refractivity contribution in [3.8, 4) is 0 Å². The zero-order valence-corrected chi connectivity index (χ0v) is 18.0. The minimum Gasteiger partial charge on any atom is -0.376 e. The predicted molar refractivity (Wildman–Crippen MR) is 122 cm³/mol. The summed E-state index contributed by atoms with van der Waals surface area (Å²) in [5.74, 6) is 0. The van der Waals surface area contributed by atoms with Gasteiger partial charge in [-0.1, -0.05) is 72.8 Å². The zero-order valence-electron chi connectivity index (χ0n) is 17.0. The van der Waals surface area contributed by atoms with Gasteiger partial charge < -0.3 is 18.2 Å². The summed E-state index contributed by atoms with van der Waals surface area (Å²) in [5, 5.41) is 4.73. The Hall–Kier alpha value is -2.70. The number of fused-ring (bicyclic) bond motifs is 2. The van der Waals surface area contributed by atoms with Crippen molar-refractivity contribution in [3.05, 3.63) is 84.9 Å². The van der Waals surface area contributed by atoms with E-state index in [1.165, 1.54) is 21.5 Å². The van der Waals surface area contributed by atoms with E-state index < -0.39 is 8.80 Å². The lowest BCUT2D eigenvalue weighted by Gasteiger charge is -2.34. The lowest BCUT2D eigenvalue weighted by Crippen LogP contribution is -2.52. The van der Waals surface area contributed by atoms with Crippen LogP contribution in [0.5, 0.6) is 0 Å². The van der Waals surface area contributed by atoms with Gasteiger partial charge in [0.2, 0.25) is 0 Å². The molecule has 0 saturated heterocycles. The van der Waals surface area contributed by atoms with Gasteiger partial charge in [0.1, 0.15) is 0 Å². The quantitative estimate of drug-likeness (QED) is 0.379. The molecule has 0 unspecified atom stereocenters. The third kappa shape index (κ3) is 3.65. The predicted octanol–water partition coefficient (Wildman–Crippen LogP) is 5.55. The summed E-state index contributed by atoms with van der Waals surface area (Å²) in [7, 11) is 2.07. The van der Waals surface area contributed by atoms with Gasteiger partial charge in [-0.15, -0.1) is 0 Å². The molecule has 0 spiro atoms. The number of benzene rings is 4. The van der Waals surface area contributed by atoms with Gasteiger partial charge in [0, 0.05) is 43.5 Å². The van der Waals surface area contributed by atoms with Crippen molar-refractivity contribution in [3.63, 3.8) is 0 Å². The molecule has 0 bridgehead atoms. The van der Waals surface area contributed by atoms with Crippen molar-refractivity contribution in [2.75, 3.05) is 32.4 Å². The first-order chi connectivity index (χ1) is 14.2. The molecule has 0 aliphatic heterocycles. The van der Waals surface area contributed by atoms with Crippen LogP contribution in [0.4, 0.5) is 11.4 Å². The average Bonchev–Trinajstić information content (AvgIpc) is 2.80. The standard InChI is InChI=1S/C24H25NO3Si/c1-26-29(27-2,28-3)18-25(23-16-8-12-19-10-4-6-14-21(19)23)24-17-9-13-20-11-5-7-15-22(20)24/h4-17H,18H2,1-3H3. The summed E-state index contributed by atoms with van der Waals surface area (Å²) < 4.78 is 17.4. The van der Waals surface area contributed by atoms with Crippen LogP contribution in [0.25, 0.3) is 21.5 Å². The molecule has 0 N–H and O–H groups in total. The molecule has 0 atom stereocenters. The van der Waals surface area contributed by atoms with Crippen LogP contribution in [-0.2, 0) is 13.3 Å². The normalized spacial score (nSPS) is 11.8. The van der Waals surface area contributed by atoms with Crippen molar-refractivity contribution in [1.82, 2.24) is 0 Å². The van der Waals surface area contributed by atoms with Gasteiger partial charge in [-0.25, -0.2) is 0 Å². The Bertz CT molecular complexity index is 1030. The van der Waals surface area contributed by atoms with Crippen LogP contribution >= 0.6 is 0 Å². The molecule has 0 saturated carbocycles. The Morgan fingerprint density at radius 2 is 1.00 bits per heavy atom. The van der Waals surface area contributed by atoms with E-state index in [0.717, 1.165) is 11.4 Å². The van der Waals surface area contributed by atoms with Crippen molar-refractivity contribution in [2.45, 2.75) is 0 Å². The summed E-state index contributed by atoms with van der Waals surface area (Å²) >= 11 is 0. The minimum atomic E-state index is -2.89. The van der Waals surface area contributed by atoms with Gasteiger partial charge >= 0.3 is 8.80 Å². The molecule has 0 radical (unpaired) electrons. The Kier molecular flexibility index (Phi) is 5.64. The second kappa shape index (κ2) is 8.35. The third-order valence-electron chi connectivity index (χ3n) is 5.40. The maximum absolute atomic E-state index is 5.79. The maximum atomic E-state index is 5.79. The number of nitrogens with zero attached hydrogens (tertiary/aromatic N) is 1. The number of anilines is 2. The van der Waals surface area contributed by atoms with E-state index in [1.807, 2.05) is 0 Å². The van der Waals surface area contributed by atoms with Crippen LogP contribution < -0.4 is 4.90 Å². The van der Waals surface area contributed by atoms with Crippen LogP contribution in [0.1, 0.15) is 0 Å². The zero-order chi connectivity index (χ0) is 20.3. The first-order valence-electron chi connectivity index (χ1n) is 9.60. The van der Waals surface area contributed by atoms with E-state index in [2.05, 4.69) is 89.8 Å². The minimum absolute atomic E-state index is 0.499. The largest absolute Gasteiger partial charge is 0.521 e. The van der Waals surface area contributed by atoms with Gasteiger partial charge in [-0.3, -0.25) is 0 Å². The molecule has 0 aliphatic rings. The van der Waals surface area contributed by atoms with E-state index in [9.17, 15) is 0 Å². The Balaban J connectivity index is 1.97. The van der Waals surface area contributed by atoms with Crippen molar-refractivity contribution >= 4 is 41.7 Å². The number of rotatable bonds is 7. The highest BCUT2D eigenvalue weighted by molar-refractivity contribution is 6.61. The topological polar surface area (TPSA) is 30.9 Å². The van der Waals surface area contributed by atoms with E-state index in [0.29, 0.717) is 6.17 Å². The highest BCUT2D eigenvalue weighted by Gasteiger charge is 2.41. The molecule has 4 aromatic rings. The molecule has 0 amide bonds. The number of hydrogen-bond donors (Lipinski definition) is 0. The first kappa shape index (κ1) is 19.6. The molecule has 148 valence electrons. The highest BCUT2D eigenvalue weighted by Crippen LogP contribution is 2.37. The van der Waals surface area contributed by atoms with Gasteiger partial charge in [-0.05, 0) is 22.9 Å². The summed E-state index contributed by atoms with van der Waals surface area (Å²) in [6.45, 7) is 0. The van der Waals surface area contributed by atoms with Gasteiger partial charge in [0.15, 0.2) is 0 Å². The molecule has 4 rings (SSSR count). The molecule has 4 nitrogen and oxygen atoms in total. The SMILES string of the molecule is CO[Si](CN(c1cccc2ccccc12)c1cccc2ccccc12)(OC)OC. The molecule has 5 heteroatoms. The molecular weight excluding hydrogens is 378 g/mol. The van der Waals surface area contributed by atoms with E-state index in [1.54, 1.807) is 21.3 Å². The molecule has 0 aromatic heterocycles. The van der Waals surface area contributed by atoms with E-state index in [4.69, 9.17) is 13.3 Å². The molecular formula is C24H25NO3Si. The Morgan fingerprint density at radius 3 is 1.45 bits per heavy atom. The second-order valence-corrected chi connectivity index (χ2v) is 9.79. The highest BCUT2D eigenvalue weighted by atomic mass is 28.4. The van der Waals surface area contributed by atoms with Crippen LogP contribution in [0.15, 0.2) is 84.9 Å². The lowest BCUT2D eigenvalue weighted by atomic mass is 10.1. The van der Waals surface area contributed by atoms with Crippen LogP contribution in [-0.4, -0.2) is 36.3 Å². The monoisotopic (exact) mass is 403 g/mol. The molecule has 0 aliphatic carbocycles. The van der Waals surface area contributed by atoms with Gasteiger partial charge in [0.25, 0.3) is 0 Å². The van der Waals surface area contributed by atoms with Crippen molar-refractivity contribution < 1.29 is 13.3 Å². The third-order valence-corrected chi connectivity index (χ3v) is 7.97. The van der Waals surface area contributed by atoms with Gasteiger partial charge in [-0.2, -0.15) is 0 Å². The number of hydrogen-bond acceptors (Lipinski definition) is 4. The molecule has 0 fully saturated rings.